The Morgan fingerprint density at radius 1 is 1.29 bits per heavy atom. The van der Waals surface area contributed by atoms with Crippen LogP contribution in [0.1, 0.15) is 5.56 Å². The molecule has 0 saturated heterocycles. The first-order valence-corrected chi connectivity index (χ1v) is 6.20. The van der Waals surface area contributed by atoms with Crippen molar-refractivity contribution in [2.45, 2.75) is 0 Å². The molecule has 1 aromatic rings. The van der Waals surface area contributed by atoms with E-state index in [0.29, 0.717) is 22.5 Å². The third-order valence-electron chi connectivity index (χ3n) is 2.44. The standard InChI is InChI=1S/C14H21N3O3.ClH/c1-17(2,3)10-13(18)16-15-9-11-7-6-8-12(19-4)14(11)20-5;/h6-9H,10H2,1-5H3;1H/b15-9+;. The van der Waals surface area contributed by atoms with Crippen LogP contribution in [0.5, 0.6) is 11.5 Å². The first-order valence-electron chi connectivity index (χ1n) is 6.20. The Morgan fingerprint density at radius 3 is 2.48 bits per heavy atom. The zero-order valence-corrected chi connectivity index (χ0v) is 13.8. The third-order valence-corrected chi connectivity index (χ3v) is 2.44. The lowest BCUT2D eigenvalue weighted by Gasteiger charge is -2.22. The highest BCUT2D eigenvalue weighted by molar-refractivity contribution is 5.86. The van der Waals surface area contributed by atoms with Gasteiger partial charge in [0.05, 0.1) is 41.6 Å². The molecule has 0 fully saturated rings. The van der Waals surface area contributed by atoms with Gasteiger partial charge in [-0.3, -0.25) is 4.79 Å². The van der Waals surface area contributed by atoms with E-state index >= 15 is 0 Å². The molecule has 0 radical (unpaired) electrons. The molecule has 0 aromatic heterocycles. The monoisotopic (exact) mass is 315 g/mol. The van der Waals surface area contributed by atoms with Gasteiger partial charge in [-0.25, -0.2) is 5.43 Å². The molecule has 1 amide bonds. The number of ether oxygens (including phenoxy) is 2. The second-order valence-corrected chi connectivity index (χ2v) is 5.32. The number of nitrogens with zero attached hydrogens (tertiary/aromatic N) is 2. The van der Waals surface area contributed by atoms with E-state index in [1.165, 1.54) is 6.21 Å². The topological polar surface area (TPSA) is 59.9 Å². The molecular weight excluding hydrogens is 294 g/mol. The number of benzene rings is 1. The first-order chi connectivity index (χ1) is 9.37. The van der Waals surface area contributed by atoms with Crippen LogP contribution < -0.4 is 27.3 Å². The molecule has 1 rings (SSSR count). The highest BCUT2D eigenvalue weighted by Crippen LogP contribution is 2.29. The minimum absolute atomic E-state index is 0. The van der Waals surface area contributed by atoms with Crippen LogP contribution in [0.4, 0.5) is 0 Å². The molecule has 7 heteroatoms. The number of quaternary nitrogens is 1. The Morgan fingerprint density at radius 2 is 1.95 bits per heavy atom. The Balaban J connectivity index is 0.00000400. The van der Waals surface area contributed by atoms with Gasteiger partial charge in [-0.05, 0) is 12.1 Å². The lowest BCUT2D eigenvalue weighted by atomic mass is 10.2. The van der Waals surface area contributed by atoms with Gasteiger partial charge in [0.2, 0.25) is 0 Å². The lowest BCUT2D eigenvalue weighted by Crippen LogP contribution is -3.00. The summed E-state index contributed by atoms with van der Waals surface area (Å²) in [5.41, 5.74) is 3.23. The van der Waals surface area contributed by atoms with E-state index in [-0.39, 0.29) is 18.3 Å². The average molecular weight is 316 g/mol. The summed E-state index contributed by atoms with van der Waals surface area (Å²) in [5, 5.41) is 3.94. The van der Waals surface area contributed by atoms with Crippen LogP contribution in [-0.2, 0) is 4.79 Å². The molecule has 118 valence electrons. The summed E-state index contributed by atoms with van der Waals surface area (Å²) < 4.78 is 11.0. The van der Waals surface area contributed by atoms with Crippen molar-refractivity contribution in [2.75, 3.05) is 41.9 Å². The Labute approximate surface area is 131 Å². The molecule has 0 spiro atoms. The van der Waals surface area contributed by atoms with Crippen LogP contribution >= 0.6 is 0 Å². The minimum atomic E-state index is -0.143. The number of halogens is 1. The molecule has 0 saturated carbocycles. The third kappa shape index (κ3) is 6.46. The normalized spacial score (nSPS) is 10.9. The number of nitrogens with one attached hydrogen (secondary N) is 1. The lowest BCUT2D eigenvalue weighted by molar-refractivity contribution is -0.862. The van der Waals surface area contributed by atoms with Gasteiger partial charge < -0.3 is 26.4 Å². The fourth-order valence-electron chi connectivity index (χ4n) is 1.65. The van der Waals surface area contributed by atoms with E-state index in [9.17, 15) is 4.79 Å². The summed E-state index contributed by atoms with van der Waals surface area (Å²) in [7, 11) is 8.95. The molecular formula is C14H22ClN3O3. The van der Waals surface area contributed by atoms with Gasteiger partial charge in [-0.1, -0.05) is 6.07 Å². The molecule has 0 aliphatic rings. The van der Waals surface area contributed by atoms with Crippen LogP contribution in [0, 0.1) is 0 Å². The number of hydrogen-bond acceptors (Lipinski definition) is 4. The second kappa shape index (κ2) is 8.49. The van der Waals surface area contributed by atoms with Gasteiger partial charge in [0, 0.05) is 5.56 Å². The van der Waals surface area contributed by atoms with Gasteiger partial charge >= 0.3 is 0 Å². The van der Waals surface area contributed by atoms with Crippen molar-refractivity contribution in [3.05, 3.63) is 23.8 Å². The molecule has 0 aliphatic carbocycles. The van der Waals surface area contributed by atoms with E-state index in [1.54, 1.807) is 20.3 Å². The molecule has 6 nitrogen and oxygen atoms in total. The maximum absolute atomic E-state index is 11.6. The van der Waals surface area contributed by atoms with Crippen molar-refractivity contribution < 1.29 is 31.2 Å². The number of methoxy groups -OCH3 is 2. The van der Waals surface area contributed by atoms with E-state index in [0.717, 1.165) is 5.56 Å². The molecule has 21 heavy (non-hydrogen) atoms. The zero-order valence-electron chi connectivity index (χ0n) is 13.0. The van der Waals surface area contributed by atoms with Gasteiger partial charge in [0.1, 0.15) is 0 Å². The summed E-state index contributed by atoms with van der Waals surface area (Å²) in [6.07, 6.45) is 1.54. The van der Waals surface area contributed by atoms with E-state index in [2.05, 4.69) is 10.5 Å². The summed E-state index contributed by atoms with van der Waals surface area (Å²) in [6.45, 7) is 0.354. The predicted octanol–water partition coefficient (Wildman–Crippen LogP) is -2.14. The number of carbonyl (C=O) groups excluding carboxylic acids is 1. The Hall–Kier alpha value is -1.79. The number of carbonyl (C=O) groups is 1. The number of hydrogen-bond donors (Lipinski definition) is 1. The summed E-state index contributed by atoms with van der Waals surface area (Å²) in [6, 6.07) is 5.46. The maximum Gasteiger partial charge on any atom is 0.295 e. The summed E-state index contributed by atoms with van der Waals surface area (Å²) in [5.74, 6) is 1.06. The van der Waals surface area contributed by atoms with Crippen LogP contribution in [0.15, 0.2) is 23.3 Å². The van der Waals surface area contributed by atoms with Crippen molar-refractivity contribution in [1.82, 2.24) is 5.43 Å². The van der Waals surface area contributed by atoms with Gasteiger partial charge in [0.25, 0.3) is 5.91 Å². The molecule has 0 aliphatic heterocycles. The molecule has 0 atom stereocenters. The van der Waals surface area contributed by atoms with Gasteiger partial charge in [0.15, 0.2) is 18.0 Å². The number of para-hydroxylation sites is 1. The number of amides is 1. The molecule has 0 unspecified atom stereocenters. The predicted molar refractivity (Wildman–Crippen MR) is 78.2 cm³/mol. The smallest absolute Gasteiger partial charge is 0.295 e. The number of rotatable bonds is 6. The molecule has 1 aromatic carbocycles. The Bertz CT molecular complexity index is 499. The van der Waals surface area contributed by atoms with Crippen LogP contribution in [0.25, 0.3) is 0 Å². The average Bonchev–Trinajstić information content (AvgIpc) is 2.36. The van der Waals surface area contributed by atoms with E-state index in [1.807, 2.05) is 33.3 Å². The quantitative estimate of drug-likeness (QED) is 0.370. The minimum Gasteiger partial charge on any atom is -1.00 e. The maximum atomic E-state index is 11.6. The highest BCUT2D eigenvalue weighted by Gasteiger charge is 2.13. The van der Waals surface area contributed by atoms with Crippen LogP contribution in [-0.4, -0.2) is 58.5 Å². The number of hydrazone groups is 1. The summed E-state index contributed by atoms with van der Waals surface area (Å²) in [4.78, 5) is 11.6. The molecule has 0 heterocycles. The zero-order chi connectivity index (χ0) is 15.2. The fraction of sp³-hybridized carbons (Fsp3) is 0.429. The largest absolute Gasteiger partial charge is 1.00 e. The highest BCUT2D eigenvalue weighted by atomic mass is 35.5. The van der Waals surface area contributed by atoms with Crippen molar-refractivity contribution in [3.8, 4) is 11.5 Å². The fourth-order valence-corrected chi connectivity index (χ4v) is 1.65. The van der Waals surface area contributed by atoms with Crippen LogP contribution in [0.2, 0.25) is 0 Å². The van der Waals surface area contributed by atoms with Crippen LogP contribution in [0.3, 0.4) is 0 Å². The summed E-state index contributed by atoms with van der Waals surface area (Å²) >= 11 is 0. The second-order valence-electron chi connectivity index (χ2n) is 5.32. The van der Waals surface area contributed by atoms with E-state index < -0.39 is 0 Å². The van der Waals surface area contributed by atoms with Crippen molar-refractivity contribution in [3.63, 3.8) is 0 Å². The van der Waals surface area contributed by atoms with Crippen molar-refractivity contribution in [1.29, 1.82) is 0 Å². The molecule has 1 N–H and O–H groups in total. The first kappa shape index (κ1) is 19.2. The Kier molecular flexibility index (Phi) is 7.76. The van der Waals surface area contributed by atoms with Crippen molar-refractivity contribution >= 4 is 12.1 Å². The molecule has 0 bridgehead atoms. The number of likely N-dealkylation sites (N-methyl/N-ethyl adjacent to an activating group) is 1. The van der Waals surface area contributed by atoms with Gasteiger partial charge in [-0.2, -0.15) is 5.10 Å². The SMILES string of the molecule is COc1cccc(/C=N/NC(=O)C[N+](C)(C)C)c1OC.[Cl-]. The van der Waals surface area contributed by atoms with Crippen molar-refractivity contribution in [2.24, 2.45) is 5.10 Å². The van der Waals surface area contributed by atoms with Gasteiger partial charge in [-0.15, -0.1) is 0 Å². The van der Waals surface area contributed by atoms with E-state index in [4.69, 9.17) is 9.47 Å².